The lowest BCUT2D eigenvalue weighted by Gasteiger charge is -2.22. The molecule has 0 heterocycles. The molecule has 2 N–H and O–H groups in total. The Morgan fingerprint density at radius 3 is 2.67 bits per heavy atom. The molecule has 0 radical (unpaired) electrons. The first-order chi connectivity index (χ1) is 12.5. The van der Waals surface area contributed by atoms with Gasteiger partial charge in [-0.05, 0) is 29.8 Å². The van der Waals surface area contributed by atoms with E-state index in [1.807, 2.05) is 48.3 Å². The number of anilines is 1. The summed E-state index contributed by atoms with van der Waals surface area (Å²) in [4.78, 5) is 18.3. The predicted molar refractivity (Wildman–Crippen MR) is 125 cm³/mol. The first kappa shape index (κ1) is 23.0. The molecule has 0 aliphatic heterocycles. The molecule has 5 nitrogen and oxygen atoms in total. The highest BCUT2D eigenvalue weighted by atomic mass is 127. The number of terminal acetylenes is 1. The zero-order valence-electron chi connectivity index (χ0n) is 15.2. The third kappa shape index (κ3) is 7.23. The van der Waals surface area contributed by atoms with Gasteiger partial charge in [-0.3, -0.25) is 9.79 Å². The third-order valence-electron chi connectivity index (χ3n) is 3.66. The zero-order chi connectivity index (χ0) is 18.9. The molecule has 0 aliphatic rings. The summed E-state index contributed by atoms with van der Waals surface area (Å²) < 4.78 is 1.04. The number of hydrogen-bond acceptors (Lipinski definition) is 2. The monoisotopic (exact) mass is 540 g/mol. The number of aliphatic imine (C=N–C) groups is 1. The summed E-state index contributed by atoms with van der Waals surface area (Å²) in [5, 5.41) is 5.88. The van der Waals surface area contributed by atoms with Gasteiger partial charge in [-0.15, -0.1) is 30.4 Å². The Morgan fingerprint density at radius 2 is 2.00 bits per heavy atom. The van der Waals surface area contributed by atoms with Crippen LogP contribution in [0.4, 0.5) is 5.69 Å². The van der Waals surface area contributed by atoms with Crippen molar-refractivity contribution in [1.82, 2.24) is 10.2 Å². The van der Waals surface area contributed by atoms with Crippen molar-refractivity contribution >= 4 is 57.5 Å². The van der Waals surface area contributed by atoms with Crippen LogP contribution in [0, 0.1) is 12.3 Å². The fourth-order valence-corrected chi connectivity index (χ4v) is 2.80. The molecule has 7 heteroatoms. The maximum absolute atomic E-state index is 12.2. The van der Waals surface area contributed by atoms with Crippen molar-refractivity contribution in [1.29, 1.82) is 0 Å². The molecule has 27 heavy (non-hydrogen) atoms. The molecular weight excluding hydrogens is 519 g/mol. The Hall–Kier alpha value is -2.05. The van der Waals surface area contributed by atoms with E-state index in [-0.39, 0.29) is 36.4 Å². The van der Waals surface area contributed by atoms with E-state index in [0.717, 1.165) is 15.6 Å². The fourth-order valence-electron chi connectivity index (χ4n) is 2.39. The molecule has 0 fully saturated rings. The first-order valence-electron chi connectivity index (χ1n) is 8.05. The average Bonchev–Trinajstić information content (AvgIpc) is 2.64. The van der Waals surface area contributed by atoms with Gasteiger partial charge < -0.3 is 15.5 Å². The molecular formula is C20H22BrIN4O. The Bertz CT molecular complexity index is 848. The lowest BCUT2D eigenvalue weighted by atomic mass is 10.2. The summed E-state index contributed by atoms with van der Waals surface area (Å²) in [5.74, 6) is 3.01. The lowest BCUT2D eigenvalue weighted by Crippen LogP contribution is -2.42. The molecule has 0 bridgehead atoms. The maximum Gasteiger partial charge on any atom is 0.243 e. The second-order valence-corrected chi connectivity index (χ2v) is 6.48. The van der Waals surface area contributed by atoms with Crippen molar-refractivity contribution in [2.24, 2.45) is 4.99 Å². The van der Waals surface area contributed by atoms with Crippen molar-refractivity contribution < 1.29 is 4.79 Å². The van der Waals surface area contributed by atoms with E-state index in [9.17, 15) is 4.79 Å². The standard InChI is InChI=1S/C20H21BrN4O.HI/c1-4-15-8-7-10-17(12-15)24-19(26)13-23-20(22-2)25(3)14-16-9-5-6-11-18(16)21;/h1,5-12H,13-14H2,2-3H3,(H,22,23)(H,24,26);1H. The minimum Gasteiger partial charge on any atom is -0.347 e. The van der Waals surface area contributed by atoms with Crippen LogP contribution in [0.5, 0.6) is 0 Å². The van der Waals surface area contributed by atoms with E-state index in [1.54, 1.807) is 19.2 Å². The van der Waals surface area contributed by atoms with Gasteiger partial charge >= 0.3 is 0 Å². The number of halogens is 2. The largest absolute Gasteiger partial charge is 0.347 e. The summed E-state index contributed by atoms with van der Waals surface area (Å²) in [6, 6.07) is 15.2. The summed E-state index contributed by atoms with van der Waals surface area (Å²) in [7, 11) is 3.61. The molecule has 1 amide bonds. The second-order valence-electron chi connectivity index (χ2n) is 5.62. The summed E-state index contributed by atoms with van der Waals surface area (Å²) >= 11 is 3.54. The van der Waals surface area contributed by atoms with Gasteiger partial charge in [-0.1, -0.05) is 46.1 Å². The highest BCUT2D eigenvalue weighted by Gasteiger charge is 2.10. The van der Waals surface area contributed by atoms with Crippen LogP contribution in [-0.4, -0.2) is 37.4 Å². The molecule has 0 aromatic heterocycles. The van der Waals surface area contributed by atoms with Gasteiger partial charge in [0.25, 0.3) is 0 Å². The van der Waals surface area contributed by atoms with Crippen molar-refractivity contribution in [3.63, 3.8) is 0 Å². The Balaban J connectivity index is 0.00000364. The number of benzene rings is 2. The predicted octanol–water partition coefficient (Wildman–Crippen LogP) is 3.69. The number of carbonyl (C=O) groups excluding carboxylic acids is 1. The van der Waals surface area contributed by atoms with Crippen molar-refractivity contribution in [2.75, 3.05) is 26.0 Å². The van der Waals surface area contributed by atoms with E-state index < -0.39 is 0 Å². The van der Waals surface area contributed by atoms with E-state index in [4.69, 9.17) is 6.42 Å². The zero-order valence-corrected chi connectivity index (χ0v) is 19.1. The van der Waals surface area contributed by atoms with Gasteiger partial charge in [-0.25, -0.2) is 0 Å². The van der Waals surface area contributed by atoms with Crippen LogP contribution in [0.15, 0.2) is 58.0 Å². The Labute approximate surface area is 185 Å². The molecule has 0 saturated heterocycles. The highest BCUT2D eigenvalue weighted by Crippen LogP contribution is 2.17. The van der Waals surface area contributed by atoms with E-state index in [1.165, 1.54) is 0 Å². The van der Waals surface area contributed by atoms with Gasteiger partial charge in [-0.2, -0.15) is 0 Å². The van der Waals surface area contributed by atoms with Crippen molar-refractivity contribution in [3.8, 4) is 12.3 Å². The van der Waals surface area contributed by atoms with Gasteiger partial charge in [0.1, 0.15) is 0 Å². The van der Waals surface area contributed by atoms with Gasteiger partial charge in [0.15, 0.2) is 5.96 Å². The molecule has 0 saturated carbocycles. The number of nitrogens with zero attached hydrogens (tertiary/aromatic N) is 2. The van der Waals surface area contributed by atoms with Crippen LogP contribution in [0.2, 0.25) is 0 Å². The van der Waals surface area contributed by atoms with Crippen molar-refractivity contribution in [3.05, 3.63) is 64.1 Å². The van der Waals surface area contributed by atoms with E-state index >= 15 is 0 Å². The van der Waals surface area contributed by atoms with Crippen molar-refractivity contribution in [2.45, 2.75) is 6.54 Å². The molecule has 2 rings (SSSR count). The third-order valence-corrected chi connectivity index (χ3v) is 4.43. The molecule has 2 aromatic carbocycles. The number of nitrogens with one attached hydrogen (secondary N) is 2. The molecule has 142 valence electrons. The maximum atomic E-state index is 12.2. The molecule has 0 spiro atoms. The summed E-state index contributed by atoms with van der Waals surface area (Å²) in [5.41, 5.74) is 2.53. The van der Waals surface area contributed by atoms with E-state index in [2.05, 4.69) is 37.5 Å². The van der Waals surface area contributed by atoms with Crippen LogP contribution in [0.1, 0.15) is 11.1 Å². The van der Waals surface area contributed by atoms with Crippen LogP contribution < -0.4 is 10.6 Å². The Kier molecular flexibility index (Phi) is 9.89. The van der Waals surface area contributed by atoms with Gasteiger partial charge in [0.05, 0.1) is 6.54 Å². The van der Waals surface area contributed by atoms with Crippen LogP contribution in [-0.2, 0) is 11.3 Å². The first-order valence-corrected chi connectivity index (χ1v) is 8.84. The summed E-state index contributed by atoms with van der Waals surface area (Å²) in [6.07, 6.45) is 5.37. The number of carbonyl (C=O) groups is 1. The van der Waals surface area contributed by atoms with Gasteiger partial charge in [0.2, 0.25) is 5.91 Å². The highest BCUT2D eigenvalue weighted by molar-refractivity contribution is 14.0. The SMILES string of the molecule is C#Cc1cccc(NC(=O)CNC(=NC)N(C)Cc2ccccc2Br)c1.I. The minimum atomic E-state index is -0.172. The average molecular weight is 541 g/mol. The van der Waals surface area contributed by atoms with Crippen LogP contribution in [0.25, 0.3) is 0 Å². The smallest absolute Gasteiger partial charge is 0.243 e. The summed E-state index contributed by atoms with van der Waals surface area (Å²) in [6.45, 7) is 0.764. The number of guanidine groups is 1. The Morgan fingerprint density at radius 1 is 1.26 bits per heavy atom. The topological polar surface area (TPSA) is 56.7 Å². The molecule has 0 aliphatic carbocycles. The molecule has 2 aromatic rings. The normalized spacial score (nSPS) is 10.4. The second kappa shape index (κ2) is 11.6. The molecule has 0 unspecified atom stereocenters. The number of rotatable bonds is 5. The van der Waals surface area contributed by atoms with Gasteiger partial charge in [0, 0.05) is 36.4 Å². The number of amides is 1. The quantitative estimate of drug-likeness (QED) is 0.263. The van der Waals surface area contributed by atoms with Crippen LogP contribution in [0.3, 0.4) is 0 Å². The molecule has 0 atom stereocenters. The minimum absolute atomic E-state index is 0. The number of hydrogen-bond donors (Lipinski definition) is 2. The van der Waals surface area contributed by atoms with E-state index in [0.29, 0.717) is 18.2 Å². The fraction of sp³-hybridized carbons (Fsp3) is 0.200. The lowest BCUT2D eigenvalue weighted by molar-refractivity contribution is -0.115. The van der Waals surface area contributed by atoms with Crippen LogP contribution >= 0.6 is 39.9 Å².